The number of para-hydroxylation sites is 1. The average Bonchev–Trinajstić information content (AvgIpc) is 3.11. The van der Waals surface area contributed by atoms with Gasteiger partial charge in [0.05, 0.1) is 12.2 Å². The number of nitrogens with one attached hydrogen (secondary N) is 1. The number of aryl methyl sites for hydroxylation is 1. The van der Waals surface area contributed by atoms with Crippen molar-refractivity contribution in [1.29, 1.82) is 0 Å². The van der Waals surface area contributed by atoms with Crippen LogP contribution in [0.25, 0.3) is 0 Å². The van der Waals surface area contributed by atoms with E-state index in [2.05, 4.69) is 4.98 Å². The van der Waals surface area contributed by atoms with Gasteiger partial charge in [-0.15, -0.1) is 4.52 Å². The lowest BCUT2D eigenvalue weighted by molar-refractivity contribution is -0.147. The smallest absolute Gasteiger partial charge is 0.463 e. The lowest BCUT2D eigenvalue weighted by Gasteiger charge is -2.13. The number of hydrogen-bond acceptors (Lipinski definition) is 9. The summed E-state index contributed by atoms with van der Waals surface area (Å²) in [6, 6.07) is 8.00. The molecule has 3 rings (SSSR count). The summed E-state index contributed by atoms with van der Waals surface area (Å²) in [5.74, 6) is -0.0366. The van der Waals surface area contributed by atoms with Crippen molar-refractivity contribution >= 4 is 14.2 Å². The first-order chi connectivity index (χ1) is 15.7. The number of nitrogens with zero attached hydrogens (tertiary/aromatic N) is 1. The van der Waals surface area contributed by atoms with Crippen molar-refractivity contribution in [2.45, 2.75) is 57.6 Å². The van der Waals surface area contributed by atoms with Crippen LogP contribution < -0.4 is 15.8 Å². The largest absolute Gasteiger partial charge is 0.750 e. The predicted molar refractivity (Wildman–Crippen MR) is 116 cm³/mol. The van der Waals surface area contributed by atoms with Gasteiger partial charge in [0.2, 0.25) is 0 Å². The van der Waals surface area contributed by atoms with Gasteiger partial charge >= 0.3 is 19.9 Å². The highest BCUT2D eigenvalue weighted by molar-refractivity contribution is 7.33. The van der Waals surface area contributed by atoms with E-state index in [1.807, 2.05) is 0 Å². The molecule has 11 nitrogen and oxygen atoms in total. The molecule has 0 aliphatic carbocycles. The summed E-state index contributed by atoms with van der Waals surface area (Å²) >= 11 is 0. The molecule has 1 aromatic carbocycles. The zero-order valence-electron chi connectivity index (χ0n) is 18.2. The number of hydrogen-bond donors (Lipinski definition) is 2. The Bertz CT molecular complexity index is 1100. The van der Waals surface area contributed by atoms with Crippen LogP contribution in [-0.4, -0.2) is 45.5 Å². The van der Waals surface area contributed by atoms with Crippen LogP contribution >= 0.6 is 8.25 Å². The van der Waals surface area contributed by atoms with E-state index in [9.17, 15) is 24.1 Å². The van der Waals surface area contributed by atoms with Gasteiger partial charge < -0.3 is 14.6 Å². The van der Waals surface area contributed by atoms with Crippen molar-refractivity contribution in [3.8, 4) is 5.75 Å². The third kappa shape index (κ3) is 7.06. The Balaban J connectivity index is 1.53. The van der Waals surface area contributed by atoms with Crippen LogP contribution in [0.1, 0.15) is 38.5 Å². The topological polar surface area (TPSA) is 146 Å². The molecule has 0 radical (unpaired) electrons. The van der Waals surface area contributed by atoms with E-state index in [0.29, 0.717) is 17.7 Å². The summed E-state index contributed by atoms with van der Waals surface area (Å²) < 4.78 is 34.9. The molecule has 1 fully saturated rings. The maximum Gasteiger partial charge on any atom is 0.750 e. The molecule has 2 aromatic rings. The number of rotatable bonds is 10. The molecule has 1 aliphatic rings. The first-order valence-electron chi connectivity index (χ1n) is 10.4. The van der Waals surface area contributed by atoms with E-state index >= 15 is 0 Å². The zero-order chi connectivity index (χ0) is 24.0. The first kappa shape index (κ1) is 24.8. The van der Waals surface area contributed by atoms with Crippen molar-refractivity contribution in [3.05, 3.63) is 62.9 Å². The summed E-state index contributed by atoms with van der Waals surface area (Å²) in [4.78, 5) is 37.0. The molecule has 2 heterocycles. The van der Waals surface area contributed by atoms with Gasteiger partial charge in [0.1, 0.15) is 18.9 Å². The van der Waals surface area contributed by atoms with E-state index in [0.717, 1.165) is 4.57 Å². The fourth-order valence-electron chi connectivity index (χ4n) is 3.29. The molecule has 0 spiro atoms. The van der Waals surface area contributed by atoms with E-state index in [-0.39, 0.29) is 31.5 Å². The van der Waals surface area contributed by atoms with Crippen molar-refractivity contribution < 1.29 is 33.0 Å². The maximum absolute atomic E-state index is 12.3. The fourth-order valence-corrected chi connectivity index (χ4v) is 3.95. The Hall–Kier alpha value is -2.85. The molecule has 178 valence electrons. The molecular formula is C21H26N2O9P+. The number of carbonyl (C=O) groups is 1. The van der Waals surface area contributed by atoms with Crippen molar-refractivity contribution in [1.82, 2.24) is 9.55 Å². The van der Waals surface area contributed by atoms with Crippen molar-refractivity contribution in [2.75, 3.05) is 6.61 Å². The molecule has 0 bridgehead atoms. The molecular weight excluding hydrogens is 455 g/mol. The Morgan fingerprint density at radius 3 is 2.79 bits per heavy atom. The van der Waals surface area contributed by atoms with Crippen LogP contribution in [0.3, 0.4) is 0 Å². The molecule has 0 saturated carbocycles. The van der Waals surface area contributed by atoms with E-state index in [1.165, 1.54) is 12.3 Å². The minimum Gasteiger partial charge on any atom is -0.463 e. The van der Waals surface area contributed by atoms with E-state index in [4.69, 9.17) is 18.5 Å². The molecule has 1 aromatic heterocycles. The van der Waals surface area contributed by atoms with Gasteiger partial charge in [0, 0.05) is 35.2 Å². The van der Waals surface area contributed by atoms with Crippen molar-refractivity contribution in [3.63, 3.8) is 0 Å². The number of aliphatic hydroxyl groups is 1. The Kier molecular flexibility index (Phi) is 8.51. The fraction of sp³-hybridized carbons (Fsp3) is 0.476. The zero-order valence-corrected chi connectivity index (χ0v) is 19.1. The summed E-state index contributed by atoms with van der Waals surface area (Å²) in [6.45, 7) is 3.29. The third-order valence-electron chi connectivity index (χ3n) is 4.82. The monoisotopic (exact) mass is 481 g/mol. The van der Waals surface area contributed by atoms with Crippen LogP contribution in [0.4, 0.5) is 0 Å². The van der Waals surface area contributed by atoms with Gasteiger partial charge in [-0.3, -0.25) is 19.1 Å². The van der Waals surface area contributed by atoms with Crippen LogP contribution in [0.15, 0.2) is 46.1 Å². The highest BCUT2D eigenvalue weighted by atomic mass is 31.1. The summed E-state index contributed by atoms with van der Waals surface area (Å²) in [6.07, 6.45) is -0.986. The standard InChI is InChI=1S/C21H25N2O9P/c1-13(2)30-20(26)8-7-14-5-3-4-6-16(14)32-33(28)29-12-17-15(24)11-19(31-17)23-10-9-18(25)22-21(23)27/h3-6,9-10,13,15,17,19,24H,7-8,11-12H2,1-2H3/p+1. The second-order valence-corrected chi connectivity index (χ2v) is 8.59. The van der Waals surface area contributed by atoms with Crippen molar-refractivity contribution in [2.24, 2.45) is 0 Å². The number of H-pyrrole nitrogens is 1. The van der Waals surface area contributed by atoms with Crippen LogP contribution in [0.5, 0.6) is 5.75 Å². The van der Waals surface area contributed by atoms with Gasteiger partial charge in [-0.1, -0.05) is 18.2 Å². The third-order valence-corrected chi connectivity index (χ3v) is 5.53. The van der Waals surface area contributed by atoms with E-state index < -0.39 is 37.9 Å². The Morgan fingerprint density at radius 1 is 1.30 bits per heavy atom. The number of ether oxygens (including phenoxy) is 2. The Morgan fingerprint density at radius 2 is 2.06 bits per heavy atom. The first-order valence-corrected chi connectivity index (χ1v) is 11.5. The van der Waals surface area contributed by atoms with Crippen LogP contribution in [-0.2, 0) is 29.8 Å². The van der Waals surface area contributed by atoms with Gasteiger partial charge in [0.15, 0.2) is 5.75 Å². The normalized spacial score (nSPS) is 20.6. The number of carbonyl (C=O) groups excluding carboxylic acids is 1. The number of aromatic amines is 1. The summed E-state index contributed by atoms with van der Waals surface area (Å²) in [7, 11) is -2.60. The minimum atomic E-state index is -2.60. The molecule has 1 saturated heterocycles. The van der Waals surface area contributed by atoms with Gasteiger partial charge in [-0.05, 0) is 26.3 Å². The molecule has 0 amide bonds. The highest BCUT2D eigenvalue weighted by Gasteiger charge is 2.38. The molecule has 4 atom stereocenters. The Labute approximate surface area is 190 Å². The lowest BCUT2D eigenvalue weighted by atomic mass is 10.1. The quantitative estimate of drug-likeness (QED) is 0.383. The average molecular weight is 481 g/mol. The number of esters is 1. The number of aliphatic hydroxyl groups excluding tert-OH is 1. The number of benzene rings is 1. The van der Waals surface area contributed by atoms with E-state index in [1.54, 1.807) is 38.1 Å². The van der Waals surface area contributed by atoms with Gasteiger partial charge in [0.25, 0.3) is 5.56 Å². The lowest BCUT2D eigenvalue weighted by Crippen LogP contribution is -2.31. The predicted octanol–water partition coefficient (Wildman–Crippen LogP) is 1.82. The van der Waals surface area contributed by atoms with Crippen LogP contribution in [0, 0.1) is 0 Å². The van der Waals surface area contributed by atoms with Crippen LogP contribution in [0.2, 0.25) is 0 Å². The highest BCUT2D eigenvalue weighted by Crippen LogP contribution is 2.34. The second kappa shape index (κ2) is 11.3. The van der Waals surface area contributed by atoms with Gasteiger partial charge in [-0.2, -0.15) is 0 Å². The SMILES string of the molecule is CC(C)OC(=O)CCc1ccccc1O[P+](=O)OCC1OC(n2ccc(=O)[nH]c2=O)CC1O. The molecule has 1 aliphatic heterocycles. The van der Waals surface area contributed by atoms with Gasteiger partial charge in [-0.25, -0.2) is 9.32 Å². The number of aromatic nitrogens is 2. The summed E-state index contributed by atoms with van der Waals surface area (Å²) in [5, 5.41) is 10.2. The molecule has 2 N–H and O–H groups in total. The molecule has 33 heavy (non-hydrogen) atoms. The molecule has 4 unspecified atom stereocenters. The molecule has 12 heteroatoms. The minimum absolute atomic E-state index is 0.0902. The maximum atomic E-state index is 12.3. The summed E-state index contributed by atoms with van der Waals surface area (Å²) in [5.41, 5.74) is -0.537. The second-order valence-electron chi connectivity index (χ2n) is 7.71.